The molecule has 0 heterocycles. The molecule has 0 aromatic heterocycles. The maximum absolute atomic E-state index is 5.75. The van der Waals surface area contributed by atoms with Crippen molar-refractivity contribution in [2.24, 2.45) is 0 Å². The van der Waals surface area contributed by atoms with Crippen LogP contribution in [-0.2, 0) is 13.1 Å². The van der Waals surface area contributed by atoms with Crippen LogP contribution in [0, 0.1) is 0 Å². The van der Waals surface area contributed by atoms with Gasteiger partial charge in [-0.2, -0.15) is 0 Å². The van der Waals surface area contributed by atoms with Crippen LogP contribution in [0.2, 0.25) is 0 Å². The van der Waals surface area contributed by atoms with Gasteiger partial charge in [0.2, 0.25) is 0 Å². The van der Waals surface area contributed by atoms with E-state index in [-0.39, 0.29) is 0 Å². The van der Waals surface area contributed by atoms with Crippen LogP contribution in [0.1, 0.15) is 18.1 Å². The lowest BCUT2D eigenvalue weighted by atomic mass is 10.2. The SMILES string of the molecule is C=C(C)COc1cc(CNCc2ccc(OC)cc2)ccc1OC. The van der Waals surface area contributed by atoms with Gasteiger partial charge in [-0.05, 0) is 47.9 Å². The molecule has 0 amide bonds. The van der Waals surface area contributed by atoms with Gasteiger partial charge in [0, 0.05) is 13.1 Å². The minimum absolute atomic E-state index is 0.485. The van der Waals surface area contributed by atoms with E-state index >= 15 is 0 Å². The fourth-order valence-corrected chi connectivity index (χ4v) is 2.24. The predicted molar refractivity (Wildman–Crippen MR) is 96.8 cm³/mol. The maximum Gasteiger partial charge on any atom is 0.161 e. The molecule has 2 rings (SSSR count). The number of hydrogen-bond donors (Lipinski definition) is 1. The standard InChI is InChI=1S/C20H25NO3/c1-15(2)14-24-20-11-17(7-10-19(20)23-4)13-21-12-16-5-8-18(22-3)9-6-16/h5-11,21H,1,12-14H2,2-4H3. The summed E-state index contributed by atoms with van der Waals surface area (Å²) in [5.41, 5.74) is 3.32. The topological polar surface area (TPSA) is 39.7 Å². The van der Waals surface area contributed by atoms with Crippen molar-refractivity contribution in [1.29, 1.82) is 0 Å². The second kappa shape index (κ2) is 8.99. The van der Waals surface area contributed by atoms with Crippen molar-refractivity contribution in [1.82, 2.24) is 5.32 Å². The molecule has 2 aromatic carbocycles. The van der Waals surface area contributed by atoms with Crippen molar-refractivity contribution < 1.29 is 14.2 Å². The third-order valence-corrected chi connectivity index (χ3v) is 3.52. The van der Waals surface area contributed by atoms with Gasteiger partial charge in [0.1, 0.15) is 12.4 Å². The number of rotatable bonds is 9. The molecule has 4 nitrogen and oxygen atoms in total. The molecule has 0 spiro atoms. The predicted octanol–water partition coefficient (Wildman–Crippen LogP) is 3.95. The average molecular weight is 327 g/mol. The Kier molecular flexibility index (Phi) is 6.70. The second-order valence-electron chi connectivity index (χ2n) is 5.68. The van der Waals surface area contributed by atoms with Crippen molar-refractivity contribution in [3.8, 4) is 17.2 Å². The largest absolute Gasteiger partial charge is 0.497 e. The molecule has 0 fully saturated rings. The molecule has 0 aliphatic carbocycles. The Morgan fingerprint density at radius 1 is 0.917 bits per heavy atom. The van der Waals surface area contributed by atoms with Gasteiger partial charge in [-0.3, -0.25) is 0 Å². The third kappa shape index (κ3) is 5.32. The molecule has 1 N–H and O–H groups in total. The number of ether oxygens (including phenoxy) is 3. The number of benzene rings is 2. The lowest BCUT2D eigenvalue weighted by molar-refractivity contribution is 0.319. The zero-order chi connectivity index (χ0) is 17.4. The van der Waals surface area contributed by atoms with Gasteiger partial charge >= 0.3 is 0 Å². The van der Waals surface area contributed by atoms with Crippen molar-refractivity contribution in [3.63, 3.8) is 0 Å². The molecule has 0 saturated heterocycles. The molecule has 24 heavy (non-hydrogen) atoms. The molecule has 0 atom stereocenters. The second-order valence-corrected chi connectivity index (χ2v) is 5.68. The fourth-order valence-electron chi connectivity index (χ4n) is 2.24. The molecule has 0 aliphatic heterocycles. The molecular formula is C20H25NO3. The van der Waals surface area contributed by atoms with Gasteiger partial charge in [0.15, 0.2) is 11.5 Å². The van der Waals surface area contributed by atoms with E-state index in [4.69, 9.17) is 14.2 Å². The summed E-state index contributed by atoms with van der Waals surface area (Å²) in [6.07, 6.45) is 0. The van der Waals surface area contributed by atoms with Gasteiger partial charge in [-0.1, -0.05) is 24.8 Å². The number of methoxy groups -OCH3 is 2. The van der Waals surface area contributed by atoms with Crippen LogP contribution in [-0.4, -0.2) is 20.8 Å². The first kappa shape index (κ1) is 17.9. The first-order valence-electron chi connectivity index (χ1n) is 7.90. The van der Waals surface area contributed by atoms with Gasteiger partial charge in [-0.25, -0.2) is 0 Å². The maximum atomic E-state index is 5.75. The van der Waals surface area contributed by atoms with E-state index in [1.807, 2.05) is 37.3 Å². The monoisotopic (exact) mass is 327 g/mol. The van der Waals surface area contributed by atoms with Gasteiger partial charge in [0.25, 0.3) is 0 Å². The molecule has 0 radical (unpaired) electrons. The highest BCUT2D eigenvalue weighted by Gasteiger charge is 2.06. The van der Waals surface area contributed by atoms with Crippen LogP contribution < -0.4 is 19.5 Å². The van der Waals surface area contributed by atoms with Crippen molar-refractivity contribution >= 4 is 0 Å². The Morgan fingerprint density at radius 3 is 2.21 bits per heavy atom. The van der Waals surface area contributed by atoms with Crippen LogP contribution in [0.5, 0.6) is 17.2 Å². The Labute approximate surface area is 144 Å². The van der Waals surface area contributed by atoms with E-state index in [0.29, 0.717) is 6.61 Å². The van der Waals surface area contributed by atoms with Crippen LogP contribution in [0.25, 0.3) is 0 Å². The van der Waals surface area contributed by atoms with E-state index in [9.17, 15) is 0 Å². The Hall–Kier alpha value is -2.46. The van der Waals surface area contributed by atoms with E-state index in [1.165, 1.54) is 5.56 Å². The molecule has 0 bridgehead atoms. The summed E-state index contributed by atoms with van der Waals surface area (Å²) in [7, 11) is 3.31. The summed E-state index contributed by atoms with van der Waals surface area (Å²) < 4.78 is 16.3. The van der Waals surface area contributed by atoms with Crippen LogP contribution in [0.15, 0.2) is 54.6 Å². The van der Waals surface area contributed by atoms with Crippen LogP contribution in [0.3, 0.4) is 0 Å². The zero-order valence-corrected chi connectivity index (χ0v) is 14.6. The minimum Gasteiger partial charge on any atom is -0.497 e. The van der Waals surface area contributed by atoms with E-state index < -0.39 is 0 Å². The van der Waals surface area contributed by atoms with E-state index in [0.717, 1.165) is 41.5 Å². The molecule has 0 saturated carbocycles. The summed E-state index contributed by atoms with van der Waals surface area (Å²) in [6, 6.07) is 14.0. The van der Waals surface area contributed by atoms with Crippen molar-refractivity contribution in [2.75, 3.05) is 20.8 Å². The molecule has 0 aliphatic rings. The minimum atomic E-state index is 0.485. The first-order chi connectivity index (χ1) is 11.6. The molecular weight excluding hydrogens is 302 g/mol. The summed E-state index contributed by atoms with van der Waals surface area (Å²) in [4.78, 5) is 0. The van der Waals surface area contributed by atoms with Gasteiger partial charge < -0.3 is 19.5 Å². The normalized spacial score (nSPS) is 10.3. The van der Waals surface area contributed by atoms with Gasteiger partial charge in [-0.15, -0.1) is 0 Å². The fraction of sp³-hybridized carbons (Fsp3) is 0.300. The highest BCUT2D eigenvalue weighted by Crippen LogP contribution is 2.28. The highest BCUT2D eigenvalue weighted by atomic mass is 16.5. The Balaban J connectivity index is 1.93. The Morgan fingerprint density at radius 2 is 1.58 bits per heavy atom. The van der Waals surface area contributed by atoms with Crippen LogP contribution in [0.4, 0.5) is 0 Å². The zero-order valence-electron chi connectivity index (χ0n) is 14.6. The highest BCUT2D eigenvalue weighted by molar-refractivity contribution is 5.43. The smallest absolute Gasteiger partial charge is 0.161 e. The molecule has 128 valence electrons. The summed E-state index contributed by atoms with van der Waals surface area (Å²) >= 11 is 0. The van der Waals surface area contributed by atoms with Gasteiger partial charge in [0.05, 0.1) is 14.2 Å². The summed E-state index contributed by atoms with van der Waals surface area (Å²) in [5.74, 6) is 2.34. The lowest BCUT2D eigenvalue weighted by Crippen LogP contribution is -2.12. The van der Waals surface area contributed by atoms with E-state index in [2.05, 4.69) is 24.0 Å². The quantitative estimate of drug-likeness (QED) is 0.708. The summed E-state index contributed by atoms with van der Waals surface area (Å²) in [6.45, 7) is 7.82. The van der Waals surface area contributed by atoms with Crippen molar-refractivity contribution in [3.05, 3.63) is 65.7 Å². The lowest BCUT2D eigenvalue weighted by Gasteiger charge is -2.13. The number of nitrogens with one attached hydrogen (secondary N) is 1. The first-order valence-corrected chi connectivity index (χ1v) is 7.90. The average Bonchev–Trinajstić information content (AvgIpc) is 2.60. The molecule has 0 unspecified atom stereocenters. The molecule has 4 heteroatoms. The van der Waals surface area contributed by atoms with Crippen molar-refractivity contribution in [2.45, 2.75) is 20.0 Å². The third-order valence-electron chi connectivity index (χ3n) is 3.52. The Bertz CT molecular complexity index is 665. The molecule has 2 aromatic rings. The van der Waals surface area contributed by atoms with Crippen LogP contribution >= 0.6 is 0 Å². The van der Waals surface area contributed by atoms with E-state index in [1.54, 1.807) is 14.2 Å². The number of hydrogen-bond acceptors (Lipinski definition) is 4. The summed E-state index contributed by atoms with van der Waals surface area (Å²) in [5, 5.41) is 3.43.